The second kappa shape index (κ2) is 11.1. The number of nitrogens with zero attached hydrogens (tertiary/aromatic N) is 5. The monoisotopic (exact) mass is 660 g/mol. The van der Waals surface area contributed by atoms with E-state index in [2.05, 4.69) is 40.9 Å². The summed E-state index contributed by atoms with van der Waals surface area (Å²) in [6.45, 7) is 4.68. The zero-order valence-electron chi connectivity index (χ0n) is 28.0. The fourth-order valence-electron chi connectivity index (χ4n) is 9.75. The van der Waals surface area contributed by atoms with E-state index in [4.69, 9.17) is 19.4 Å². The first-order valence-electron chi connectivity index (χ1n) is 18.0. The van der Waals surface area contributed by atoms with Gasteiger partial charge in [-0.1, -0.05) is 18.2 Å². The lowest BCUT2D eigenvalue weighted by Crippen LogP contribution is -2.40. The van der Waals surface area contributed by atoms with Crippen molar-refractivity contribution in [2.45, 2.75) is 82.1 Å². The maximum absolute atomic E-state index is 17.2. The molecule has 252 valence electrons. The molecular formula is C39H41FN6O3. The van der Waals surface area contributed by atoms with E-state index in [0.29, 0.717) is 41.1 Å². The number of hydrogen-bond donors (Lipinski definition) is 1. The van der Waals surface area contributed by atoms with Gasteiger partial charge in [0, 0.05) is 53.2 Å². The topological polar surface area (TPSA) is 86.4 Å². The molecule has 0 spiro atoms. The summed E-state index contributed by atoms with van der Waals surface area (Å²) >= 11 is 0. The number of aryl methyl sites for hydroxylation is 2. The second-order valence-corrected chi connectivity index (χ2v) is 14.8. The zero-order valence-corrected chi connectivity index (χ0v) is 28.0. The van der Waals surface area contributed by atoms with Gasteiger partial charge in [0.2, 0.25) is 5.88 Å². The first-order valence-corrected chi connectivity index (χ1v) is 18.0. The number of ether oxygens (including phenoxy) is 2. The first-order chi connectivity index (χ1) is 24.0. The normalized spacial score (nSPS) is 26.5. The molecule has 49 heavy (non-hydrogen) atoms. The van der Waals surface area contributed by atoms with Gasteiger partial charge in [-0.3, -0.25) is 14.7 Å². The number of hydrogen-bond acceptors (Lipinski definition) is 7. The van der Waals surface area contributed by atoms with Crippen LogP contribution < -0.4 is 20.3 Å². The molecule has 4 aromatic heterocycles. The van der Waals surface area contributed by atoms with Crippen molar-refractivity contribution in [3.8, 4) is 22.9 Å². The van der Waals surface area contributed by atoms with Gasteiger partial charge in [0.25, 0.3) is 5.56 Å². The number of halogens is 1. The van der Waals surface area contributed by atoms with Crippen molar-refractivity contribution in [1.82, 2.24) is 29.3 Å². The smallest absolute Gasteiger partial charge is 0.251 e. The van der Waals surface area contributed by atoms with Crippen LogP contribution in [0, 0.1) is 11.7 Å². The quantitative estimate of drug-likeness (QED) is 0.246. The highest BCUT2D eigenvalue weighted by Crippen LogP contribution is 2.50. The molecule has 3 saturated heterocycles. The Hall–Kier alpha value is -4.28. The van der Waals surface area contributed by atoms with E-state index in [0.717, 1.165) is 85.9 Å². The summed E-state index contributed by atoms with van der Waals surface area (Å²) in [5, 5.41) is 5.23. The summed E-state index contributed by atoms with van der Waals surface area (Å²) in [7, 11) is 2.14. The van der Waals surface area contributed by atoms with E-state index in [1.807, 2.05) is 28.8 Å². The Morgan fingerprint density at radius 3 is 2.80 bits per heavy atom. The highest BCUT2D eigenvalue weighted by atomic mass is 19.1. The van der Waals surface area contributed by atoms with Crippen LogP contribution in [0.4, 0.5) is 4.39 Å². The Balaban J connectivity index is 1.23. The molecule has 9 heterocycles. The van der Waals surface area contributed by atoms with Gasteiger partial charge < -0.3 is 23.9 Å². The van der Waals surface area contributed by atoms with Crippen LogP contribution in [0.2, 0.25) is 0 Å². The van der Waals surface area contributed by atoms with Crippen LogP contribution >= 0.6 is 0 Å². The van der Waals surface area contributed by atoms with Gasteiger partial charge in [-0.05, 0) is 95.1 Å². The molecule has 1 aliphatic carbocycles. The standard InChI is InChI=1S/C39H41FN6O3/c1-21(29-11-5-15-44(29)2)49-39-26-18-31(30-14-13-24-9-4-12-32(47)45(24)30)46(36-23-17-28(36)41-19-23)37(26)27-20-42-34(33(40)35(27)43-39)25-10-3-7-22-8-6-16-48-38(22)25/h3-4,7,9-10,12,18,20-21,23,28-30,36,41H,5-6,8,11,13-17,19H2,1-2H3/t21?,23-,28-,29+,30?,36+/m1/s1. The minimum atomic E-state index is -0.469. The molecule has 1 N–H and O–H groups in total. The molecule has 1 aromatic carbocycles. The van der Waals surface area contributed by atoms with Crippen molar-refractivity contribution >= 4 is 21.8 Å². The van der Waals surface area contributed by atoms with Crippen LogP contribution in [0.25, 0.3) is 33.1 Å². The van der Waals surface area contributed by atoms with E-state index in [1.54, 1.807) is 12.3 Å². The van der Waals surface area contributed by atoms with Crippen LogP contribution in [0.15, 0.2) is 53.5 Å². The molecule has 5 aliphatic heterocycles. The molecule has 10 heteroatoms. The van der Waals surface area contributed by atoms with E-state index < -0.39 is 5.82 Å². The summed E-state index contributed by atoms with van der Waals surface area (Å²) in [4.78, 5) is 25.6. The Morgan fingerprint density at radius 2 is 1.98 bits per heavy atom. The number of aromatic nitrogens is 4. The Labute approximate surface area is 284 Å². The van der Waals surface area contributed by atoms with E-state index >= 15 is 4.39 Å². The van der Waals surface area contributed by atoms with Gasteiger partial charge in [-0.25, -0.2) is 9.37 Å². The van der Waals surface area contributed by atoms with Crippen molar-refractivity contribution in [1.29, 1.82) is 0 Å². The molecular weight excluding hydrogens is 619 g/mol. The van der Waals surface area contributed by atoms with Crippen LogP contribution in [-0.4, -0.2) is 68.9 Å². The Kier molecular flexibility index (Phi) is 6.72. The van der Waals surface area contributed by atoms with Gasteiger partial charge in [-0.2, -0.15) is 0 Å². The number of likely N-dealkylation sites (tertiary alicyclic amines) is 1. The van der Waals surface area contributed by atoms with Gasteiger partial charge >= 0.3 is 0 Å². The highest BCUT2D eigenvalue weighted by Gasteiger charge is 2.50. The van der Waals surface area contributed by atoms with E-state index in [9.17, 15) is 4.79 Å². The lowest BCUT2D eigenvalue weighted by molar-refractivity contribution is 0.119. The molecule has 4 fully saturated rings. The number of rotatable bonds is 6. The Morgan fingerprint density at radius 1 is 1.08 bits per heavy atom. The highest BCUT2D eigenvalue weighted by molar-refractivity contribution is 6.07. The average molecular weight is 661 g/mol. The lowest BCUT2D eigenvalue weighted by Gasteiger charge is -2.38. The third-order valence-corrected chi connectivity index (χ3v) is 12.2. The number of benzene rings is 1. The summed E-state index contributed by atoms with van der Waals surface area (Å²) in [5.41, 5.74) is 5.24. The molecule has 0 amide bonds. The molecule has 5 aromatic rings. The zero-order chi connectivity index (χ0) is 33.0. The largest absolute Gasteiger partial charge is 0.493 e. The summed E-state index contributed by atoms with van der Waals surface area (Å²) < 4.78 is 34.5. The van der Waals surface area contributed by atoms with Crippen molar-refractivity contribution in [2.75, 3.05) is 26.7 Å². The first kappa shape index (κ1) is 29.6. The number of fused-ring (bicyclic) bond motifs is 6. The maximum atomic E-state index is 17.2. The summed E-state index contributed by atoms with van der Waals surface area (Å²) in [6.07, 6.45) is 8.41. The maximum Gasteiger partial charge on any atom is 0.251 e. The molecule has 1 saturated carbocycles. The third-order valence-electron chi connectivity index (χ3n) is 12.2. The number of likely N-dealkylation sites (N-methyl/N-ethyl adjacent to an activating group) is 1. The van der Waals surface area contributed by atoms with Gasteiger partial charge in [0.05, 0.1) is 29.6 Å². The van der Waals surface area contributed by atoms with Crippen LogP contribution in [0.5, 0.6) is 11.6 Å². The second-order valence-electron chi connectivity index (χ2n) is 14.8. The predicted molar refractivity (Wildman–Crippen MR) is 186 cm³/mol. The van der Waals surface area contributed by atoms with Crippen molar-refractivity contribution < 1.29 is 13.9 Å². The molecule has 6 aliphatic rings. The fraction of sp³-hybridized carbons (Fsp3) is 0.462. The van der Waals surface area contributed by atoms with Crippen LogP contribution in [-0.2, 0) is 12.8 Å². The summed E-state index contributed by atoms with van der Waals surface area (Å²) in [6, 6.07) is 14.3. The van der Waals surface area contributed by atoms with Crippen LogP contribution in [0.3, 0.4) is 0 Å². The minimum absolute atomic E-state index is 0.00891. The number of para-hydroxylation sites is 1. The predicted octanol–water partition coefficient (Wildman–Crippen LogP) is 5.81. The molecule has 2 bridgehead atoms. The molecule has 9 nitrogen and oxygen atoms in total. The van der Waals surface area contributed by atoms with Crippen LogP contribution in [0.1, 0.15) is 68.1 Å². The van der Waals surface area contributed by atoms with Gasteiger partial charge in [0.1, 0.15) is 23.1 Å². The van der Waals surface area contributed by atoms with Gasteiger partial charge in [0.15, 0.2) is 5.82 Å². The fourth-order valence-corrected chi connectivity index (χ4v) is 9.75. The SMILES string of the molecule is CC(Oc1nc2c(F)c(-c3cccc4c3OCCC4)ncc2c2c1cc(C1CCc3cccc(=O)n31)n2[C@H]1[C@H]2CN[C@@H]1C2)[C@@H]1CCCN1C. The number of nitrogens with one attached hydrogen (secondary N) is 1. The summed E-state index contributed by atoms with van der Waals surface area (Å²) in [5.74, 6) is 1.14. The van der Waals surface area contributed by atoms with Gasteiger partial charge in [-0.15, -0.1) is 0 Å². The van der Waals surface area contributed by atoms with Crippen molar-refractivity contribution in [3.63, 3.8) is 0 Å². The van der Waals surface area contributed by atoms with E-state index in [1.165, 1.54) is 0 Å². The minimum Gasteiger partial charge on any atom is -0.493 e. The third kappa shape index (κ3) is 4.39. The average Bonchev–Trinajstić information content (AvgIpc) is 3.94. The molecule has 6 atom stereocenters. The lowest BCUT2D eigenvalue weighted by atomic mass is 9.79. The van der Waals surface area contributed by atoms with Crippen molar-refractivity contribution in [2.24, 2.45) is 5.92 Å². The van der Waals surface area contributed by atoms with E-state index in [-0.39, 0.29) is 41.0 Å². The number of pyridine rings is 3. The Bertz CT molecular complexity index is 2200. The molecule has 11 rings (SSSR count). The molecule has 2 unspecified atom stereocenters. The molecule has 0 radical (unpaired) electrons. The van der Waals surface area contributed by atoms with Crippen molar-refractivity contribution in [3.05, 3.63) is 81.8 Å².